The summed E-state index contributed by atoms with van der Waals surface area (Å²) in [4.78, 5) is 25.5. The Morgan fingerprint density at radius 3 is 2.62 bits per heavy atom. The number of likely N-dealkylation sites (N-methyl/N-ethyl adjacent to an activating group) is 1. The summed E-state index contributed by atoms with van der Waals surface area (Å²) in [5.74, 6) is -0.401. The highest BCUT2D eigenvalue weighted by atomic mass is 79.9. The van der Waals surface area contributed by atoms with Gasteiger partial charge in [0.2, 0.25) is 11.8 Å². The summed E-state index contributed by atoms with van der Waals surface area (Å²) in [6.07, 6.45) is 0. The summed E-state index contributed by atoms with van der Waals surface area (Å²) in [5.41, 5.74) is 1.72. The van der Waals surface area contributed by atoms with E-state index in [1.807, 2.05) is 32.0 Å². The van der Waals surface area contributed by atoms with Crippen LogP contribution >= 0.6 is 15.9 Å². The molecule has 0 fully saturated rings. The number of hydrogen-bond acceptors (Lipinski definition) is 3. The van der Waals surface area contributed by atoms with Gasteiger partial charge in [-0.1, -0.05) is 22.9 Å². The van der Waals surface area contributed by atoms with Gasteiger partial charge in [-0.2, -0.15) is 0 Å². The minimum absolute atomic E-state index is 0.0440. The van der Waals surface area contributed by atoms with Gasteiger partial charge in [-0.3, -0.25) is 9.59 Å². The molecular formula is C15H22BrN3O2. The van der Waals surface area contributed by atoms with E-state index in [0.29, 0.717) is 6.54 Å². The Labute approximate surface area is 134 Å². The predicted octanol–water partition coefficient (Wildman–Crippen LogP) is 2.01. The fourth-order valence-electron chi connectivity index (χ4n) is 2.02. The number of anilines is 1. The zero-order valence-corrected chi connectivity index (χ0v) is 14.5. The fourth-order valence-corrected chi connectivity index (χ4v) is 2.50. The van der Waals surface area contributed by atoms with Gasteiger partial charge in [0.1, 0.15) is 0 Å². The molecule has 1 rings (SSSR count). The third kappa shape index (κ3) is 5.47. The molecule has 0 aromatic heterocycles. The lowest BCUT2D eigenvalue weighted by molar-refractivity contribution is -0.136. The molecule has 21 heavy (non-hydrogen) atoms. The van der Waals surface area contributed by atoms with E-state index in [-0.39, 0.29) is 24.3 Å². The second-order valence-electron chi connectivity index (χ2n) is 5.16. The van der Waals surface area contributed by atoms with Crippen LogP contribution in [-0.2, 0) is 9.59 Å². The molecule has 1 atom stereocenters. The number of benzene rings is 1. The van der Waals surface area contributed by atoms with Gasteiger partial charge >= 0.3 is 0 Å². The maximum atomic E-state index is 12.0. The molecule has 0 saturated heterocycles. The maximum absolute atomic E-state index is 12.0. The molecular weight excluding hydrogens is 334 g/mol. The molecule has 0 bridgehead atoms. The Hall–Kier alpha value is -1.40. The molecule has 2 N–H and O–H groups in total. The second kappa shape index (κ2) is 8.14. The van der Waals surface area contributed by atoms with E-state index in [4.69, 9.17) is 0 Å². The van der Waals surface area contributed by atoms with Crippen LogP contribution in [0, 0.1) is 12.8 Å². The van der Waals surface area contributed by atoms with Crippen molar-refractivity contribution in [3.63, 3.8) is 0 Å². The number of aryl methyl sites for hydroxylation is 1. The van der Waals surface area contributed by atoms with Crippen LogP contribution in [0.5, 0.6) is 0 Å². The van der Waals surface area contributed by atoms with Crippen molar-refractivity contribution >= 4 is 33.4 Å². The van der Waals surface area contributed by atoms with E-state index in [1.165, 1.54) is 4.90 Å². The number of nitrogens with one attached hydrogen (secondary N) is 2. The molecule has 6 heteroatoms. The van der Waals surface area contributed by atoms with Crippen LogP contribution in [0.2, 0.25) is 0 Å². The highest BCUT2D eigenvalue weighted by Gasteiger charge is 2.19. The van der Waals surface area contributed by atoms with Crippen molar-refractivity contribution in [3.8, 4) is 0 Å². The Morgan fingerprint density at radius 2 is 2.05 bits per heavy atom. The first-order chi connectivity index (χ1) is 9.85. The van der Waals surface area contributed by atoms with Crippen LogP contribution in [0.1, 0.15) is 12.5 Å². The van der Waals surface area contributed by atoms with Crippen LogP contribution in [-0.4, -0.2) is 43.9 Å². The Morgan fingerprint density at radius 1 is 1.38 bits per heavy atom. The first-order valence-corrected chi connectivity index (χ1v) is 7.60. The number of amides is 2. The first-order valence-electron chi connectivity index (χ1n) is 6.80. The van der Waals surface area contributed by atoms with Gasteiger partial charge in [0.05, 0.1) is 6.54 Å². The van der Waals surface area contributed by atoms with Crippen molar-refractivity contribution in [1.82, 2.24) is 10.2 Å². The van der Waals surface area contributed by atoms with E-state index >= 15 is 0 Å². The van der Waals surface area contributed by atoms with Gasteiger partial charge < -0.3 is 15.5 Å². The minimum atomic E-state index is -0.201. The van der Waals surface area contributed by atoms with Crippen LogP contribution in [0.4, 0.5) is 5.69 Å². The topological polar surface area (TPSA) is 61.4 Å². The SMILES string of the molecule is CNCC(C)C(=O)N(C)CC(=O)Nc1ccc(Br)cc1C. The number of rotatable bonds is 6. The van der Waals surface area contributed by atoms with Gasteiger partial charge in [0.25, 0.3) is 0 Å². The lowest BCUT2D eigenvalue weighted by atomic mass is 10.1. The van der Waals surface area contributed by atoms with Gasteiger partial charge in [-0.05, 0) is 37.7 Å². The third-order valence-electron chi connectivity index (χ3n) is 3.15. The molecule has 1 aromatic rings. The quantitative estimate of drug-likeness (QED) is 0.820. The predicted molar refractivity (Wildman–Crippen MR) is 88.2 cm³/mol. The normalized spacial score (nSPS) is 11.9. The molecule has 0 aliphatic rings. The van der Waals surface area contributed by atoms with Crippen molar-refractivity contribution in [3.05, 3.63) is 28.2 Å². The number of nitrogens with zero attached hydrogens (tertiary/aromatic N) is 1. The van der Waals surface area contributed by atoms with Crippen LogP contribution < -0.4 is 10.6 Å². The van der Waals surface area contributed by atoms with E-state index in [2.05, 4.69) is 26.6 Å². The summed E-state index contributed by atoms with van der Waals surface area (Å²) in [5, 5.41) is 5.78. The smallest absolute Gasteiger partial charge is 0.243 e. The second-order valence-corrected chi connectivity index (χ2v) is 6.08. The van der Waals surface area contributed by atoms with Gasteiger partial charge in [-0.15, -0.1) is 0 Å². The minimum Gasteiger partial charge on any atom is -0.336 e. The van der Waals surface area contributed by atoms with E-state index in [9.17, 15) is 9.59 Å². The molecule has 0 spiro atoms. The molecule has 1 aromatic carbocycles. The summed E-state index contributed by atoms with van der Waals surface area (Å²) in [6, 6.07) is 5.63. The van der Waals surface area contributed by atoms with Crippen LogP contribution in [0.15, 0.2) is 22.7 Å². The lowest BCUT2D eigenvalue weighted by Gasteiger charge is -2.21. The zero-order valence-electron chi connectivity index (χ0n) is 12.9. The summed E-state index contributed by atoms with van der Waals surface area (Å²) < 4.78 is 0.964. The van der Waals surface area contributed by atoms with Gasteiger partial charge in [0.15, 0.2) is 0 Å². The molecule has 0 aliphatic heterocycles. The van der Waals surface area contributed by atoms with Gasteiger partial charge in [0, 0.05) is 29.7 Å². The molecule has 1 unspecified atom stereocenters. The highest BCUT2D eigenvalue weighted by molar-refractivity contribution is 9.10. The van der Waals surface area contributed by atoms with Crippen molar-refractivity contribution in [2.45, 2.75) is 13.8 Å². The standard InChI is InChI=1S/C15H22BrN3O2/c1-10-7-12(16)5-6-13(10)18-14(20)9-19(4)15(21)11(2)8-17-3/h5-7,11,17H,8-9H2,1-4H3,(H,18,20). The summed E-state index contributed by atoms with van der Waals surface area (Å²) >= 11 is 3.38. The Balaban J connectivity index is 2.58. The Kier molecular flexibility index (Phi) is 6.84. The highest BCUT2D eigenvalue weighted by Crippen LogP contribution is 2.19. The molecule has 116 valence electrons. The molecule has 0 radical (unpaired) electrons. The third-order valence-corrected chi connectivity index (χ3v) is 3.64. The van der Waals surface area contributed by atoms with Crippen LogP contribution in [0.25, 0.3) is 0 Å². The Bertz CT molecular complexity index is 520. The largest absolute Gasteiger partial charge is 0.336 e. The van der Waals surface area contributed by atoms with Crippen molar-refractivity contribution < 1.29 is 9.59 Å². The van der Waals surface area contributed by atoms with E-state index < -0.39 is 0 Å². The average molecular weight is 356 g/mol. The maximum Gasteiger partial charge on any atom is 0.243 e. The number of hydrogen-bond donors (Lipinski definition) is 2. The summed E-state index contributed by atoms with van der Waals surface area (Å²) in [6.45, 7) is 4.40. The first kappa shape index (κ1) is 17.7. The molecule has 0 saturated carbocycles. The van der Waals surface area contributed by atoms with Gasteiger partial charge in [-0.25, -0.2) is 0 Å². The van der Waals surface area contributed by atoms with E-state index in [1.54, 1.807) is 14.1 Å². The number of carbonyl (C=O) groups is 2. The van der Waals surface area contributed by atoms with Crippen molar-refractivity contribution in [2.24, 2.45) is 5.92 Å². The van der Waals surface area contributed by atoms with E-state index in [0.717, 1.165) is 15.7 Å². The molecule has 0 aliphatic carbocycles. The molecule has 2 amide bonds. The lowest BCUT2D eigenvalue weighted by Crippen LogP contribution is -2.40. The average Bonchev–Trinajstić information content (AvgIpc) is 2.41. The van der Waals surface area contributed by atoms with Crippen molar-refractivity contribution in [1.29, 1.82) is 0 Å². The summed E-state index contributed by atoms with van der Waals surface area (Å²) in [7, 11) is 3.44. The number of carbonyl (C=O) groups excluding carboxylic acids is 2. The molecule has 0 heterocycles. The van der Waals surface area contributed by atoms with Crippen molar-refractivity contribution in [2.75, 3.05) is 32.5 Å². The fraction of sp³-hybridized carbons (Fsp3) is 0.467. The van der Waals surface area contributed by atoms with Crippen LogP contribution in [0.3, 0.4) is 0 Å². The monoisotopic (exact) mass is 355 g/mol. The molecule has 5 nitrogen and oxygen atoms in total. The zero-order chi connectivity index (χ0) is 16.0. The number of halogens is 1.